The Bertz CT molecular complexity index is 652. The predicted molar refractivity (Wildman–Crippen MR) is 89.7 cm³/mol. The third-order valence-electron chi connectivity index (χ3n) is 3.35. The highest BCUT2D eigenvalue weighted by Gasteiger charge is 2.12. The van der Waals surface area contributed by atoms with Crippen molar-refractivity contribution >= 4 is 11.7 Å². The number of nitrogens with two attached hydrogens (primary N) is 1. The van der Waals surface area contributed by atoms with Crippen LogP contribution in [-0.2, 0) is 13.1 Å². The Morgan fingerprint density at radius 1 is 1.04 bits per heavy atom. The van der Waals surface area contributed by atoms with Gasteiger partial charge in [0.2, 0.25) is 0 Å². The van der Waals surface area contributed by atoms with Crippen LogP contribution in [0, 0.1) is 0 Å². The summed E-state index contributed by atoms with van der Waals surface area (Å²) in [5, 5.41) is 5.55. The van der Waals surface area contributed by atoms with E-state index < -0.39 is 0 Å². The van der Waals surface area contributed by atoms with Gasteiger partial charge in [0, 0.05) is 13.1 Å². The van der Waals surface area contributed by atoms with Gasteiger partial charge < -0.3 is 25.8 Å². The van der Waals surface area contributed by atoms with Crippen molar-refractivity contribution in [2.75, 3.05) is 19.5 Å². The van der Waals surface area contributed by atoms with Crippen LogP contribution in [0.3, 0.4) is 0 Å². The van der Waals surface area contributed by atoms with Crippen molar-refractivity contribution in [1.29, 1.82) is 0 Å². The highest BCUT2D eigenvalue weighted by molar-refractivity contribution is 5.92. The predicted octanol–water partition coefficient (Wildman–Crippen LogP) is 2.48. The van der Waals surface area contributed by atoms with E-state index in [2.05, 4.69) is 10.6 Å². The highest BCUT2D eigenvalue weighted by Crippen LogP contribution is 2.33. The fourth-order valence-corrected chi connectivity index (χ4v) is 2.18. The molecule has 2 aromatic rings. The van der Waals surface area contributed by atoms with Crippen LogP contribution in [0.1, 0.15) is 11.1 Å². The molecule has 6 nitrogen and oxygen atoms in total. The Balaban J connectivity index is 2.02. The number of nitrogens with one attached hydrogen (secondary N) is 2. The zero-order chi connectivity index (χ0) is 16.7. The summed E-state index contributed by atoms with van der Waals surface area (Å²) in [7, 11) is 3.08. The number of hydrogen-bond acceptors (Lipinski definition) is 4. The number of para-hydroxylation sites is 1. The topological polar surface area (TPSA) is 85.6 Å². The molecular formula is C17H21N3O3. The van der Waals surface area contributed by atoms with Gasteiger partial charge in [-0.1, -0.05) is 30.3 Å². The lowest BCUT2D eigenvalue weighted by Crippen LogP contribution is -2.28. The first-order chi connectivity index (χ1) is 11.2. The quantitative estimate of drug-likeness (QED) is 0.764. The molecule has 23 heavy (non-hydrogen) atoms. The van der Waals surface area contributed by atoms with Crippen molar-refractivity contribution in [2.24, 2.45) is 5.73 Å². The highest BCUT2D eigenvalue weighted by atomic mass is 16.5. The first kappa shape index (κ1) is 16.6. The molecule has 0 unspecified atom stereocenters. The van der Waals surface area contributed by atoms with Gasteiger partial charge in [0.05, 0.1) is 14.2 Å². The molecule has 0 spiro atoms. The first-order valence-corrected chi connectivity index (χ1v) is 7.21. The lowest BCUT2D eigenvalue weighted by molar-refractivity contribution is 0.251. The maximum Gasteiger partial charge on any atom is 0.319 e. The van der Waals surface area contributed by atoms with Crippen LogP contribution in [0.4, 0.5) is 10.5 Å². The normalized spacial score (nSPS) is 10.0. The molecule has 0 fully saturated rings. The number of hydrogen-bond donors (Lipinski definition) is 3. The number of amides is 2. The molecule has 0 aromatic heterocycles. The van der Waals surface area contributed by atoms with Crippen LogP contribution in [-0.4, -0.2) is 20.3 Å². The molecule has 0 heterocycles. The Labute approximate surface area is 135 Å². The van der Waals surface area contributed by atoms with Gasteiger partial charge in [-0.3, -0.25) is 0 Å². The van der Waals surface area contributed by atoms with E-state index in [-0.39, 0.29) is 6.03 Å². The molecule has 0 saturated heterocycles. The molecule has 2 amide bonds. The average Bonchev–Trinajstić information content (AvgIpc) is 2.60. The molecule has 0 aliphatic heterocycles. The number of urea groups is 1. The largest absolute Gasteiger partial charge is 0.494 e. The second-order valence-electron chi connectivity index (χ2n) is 4.87. The van der Waals surface area contributed by atoms with Crippen LogP contribution in [0.15, 0.2) is 42.5 Å². The van der Waals surface area contributed by atoms with Crippen LogP contribution >= 0.6 is 0 Å². The second-order valence-corrected chi connectivity index (χ2v) is 4.87. The van der Waals surface area contributed by atoms with Crippen molar-refractivity contribution in [3.05, 3.63) is 53.6 Å². The number of benzene rings is 2. The summed E-state index contributed by atoms with van der Waals surface area (Å²) < 4.78 is 10.5. The number of carbonyl (C=O) groups excluding carboxylic acids is 1. The fourth-order valence-electron chi connectivity index (χ4n) is 2.18. The van der Waals surface area contributed by atoms with Gasteiger partial charge in [-0.15, -0.1) is 0 Å². The Hall–Kier alpha value is -2.73. The molecule has 0 bridgehead atoms. The van der Waals surface area contributed by atoms with Crippen LogP contribution in [0.5, 0.6) is 11.5 Å². The van der Waals surface area contributed by atoms with Crippen molar-refractivity contribution in [3.8, 4) is 11.5 Å². The number of carbonyl (C=O) groups is 1. The molecule has 0 atom stereocenters. The molecule has 0 radical (unpaired) electrons. The summed E-state index contributed by atoms with van der Waals surface area (Å²) in [5.41, 5.74) is 8.11. The van der Waals surface area contributed by atoms with Gasteiger partial charge in [0.15, 0.2) is 0 Å². The number of methoxy groups -OCH3 is 2. The van der Waals surface area contributed by atoms with E-state index in [1.807, 2.05) is 24.3 Å². The molecule has 2 rings (SSSR count). The molecule has 0 saturated carbocycles. The smallest absolute Gasteiger partial charge is 0.319 e. The molecule has 122 valence electrons. The van der Waals surface area contributed by atoms with Crippen molar-refractivity contribution in [1.82, 2.24) is 5.32 Å². The summed E-state index contributed by atoms with van der Waals surface area (Å²) in [6.07, 6.45) is 0. The lowest BCUT2D eigenvalue weighted by atomic mass is 10.1. The summed E-state index contributed by atoms with van der Waals surface area (Å²) in [6, 6.07) is 12.7. The minimum Gasteiger partial charge on any atom is -0.494 e. The van der Waals surface area contributed by atoms with E-state index >= 15 is 0 Å². The van der Waals surface area contributed by atoms with Gasteiger partial charge in [-0.05, 0) is 23.3 Å². The SMILES string of the molecule is COc1cccc(OC)c1NC(=O)NCc1cccc(CN)c1. The van der Waals surface area contributed by atoms with E-state index in [9.17, 15) is 4.79 Å². The monoisotopic (exact) mass is 315 g/mol. The number of anilines is 1. The van der Waals surface area contributed by atoms with Crippen LogP contribution in [0.2, 0.25) is 0 Å². The molecule has 4 N–H and O–H groups in total. The van der Waals surface area contributed by atoms with E-state index in [1.54, 1.807) is 18.2 Å². The molecule has 0 aliphatic carbocycles. The Morgan fingerprint density at radius 3 is 2.26 bits per heavy atom. The molecule has 0 aliphatic rings. The van der Waals surface area contributed by atoms with Gasteiger partial charge in [-0.2, -0.15) is 0 Å². The van der Waals surface area contributed by atoms with Gasteiger partial charge >= 0.3 is 6.03 Å². The molecule has 2 aromatic carbocycles. The van der Waals surface area contributed by atoms with Crippen LogP contribution < -0.4 is 25.8 Å². The van der Waals surface area contributed by atoms with Crippen molar-refractivity contribution in [3.63, 3.8) is 0 Å². The minimum atomic E-state index is -0.342. The zero-order valence-corrected chi connectivity index (χ0v) is 13.3. The third kappa shape index (κ3) is 4.37. The fraction of sp³-hybridized carbons (Fsp3) is 0.235. The van der Waals surface area contributed by atoms with Gasteiger partial charge in [0.25, 0.3) is 0 Å². The van der Waals surface area contributed by atoms with E-state index in [4.69, 9.17) is 15.2 Å². The summed E-state index contributed by atoms with van der Waals surface area (Å²) >= 11 is 0. The van der Waals surface area contributed by atoms with Gasteiger partial charge in [0.1, 0.15) is 17.2 Å². The molecule has 6 heteroatoms. The second kappa shape index (κ2) is 8.05. The maximum atomic E-state index is 12.1. The maximum absolute atomic E-state index is 12.1. The first-order valence-electron chi connectivity index (χ1n) is 7.21. The van der Waals surface area contributed by atoms with Crippen molar-refractivity contribution < 1.29 is 14.3 Å². The molecular weight excluding hydrogens is 294 g/mol. The minimum absolute atomic E-state index is 0.342. The van der Waals surface area contributed by atoms with Crippen LogP contribution in [0.25, 0.3) is 0 Å². The summed E-state index contributed by atoms with van der Waals surface area (Å²) in [6.45, 7) is 0.871. The van der Waals surface area contributed by atoms with E-state index in [0.29, 0.717) is 30.3 Å². The number of rotatable bonds is 6. The number of ether oxygens (including phenoxy) is 2. The van der Waals surface area contributed by atoms with Gasteiger partial charge in [-0.25, -0.2) is 4.79 Å². The van der Waals surface area contributed by atoms with E-state index in [0.717, 1.165) is 11.1 Å². The average molecular weight is 315 g/mol. The Morgan fingerprint density at radius 2 is 1.65 bits per heavy atom. The Kier molecular flexibility index (Phi) is 5.82. The summed E-state index contributed by atoms with van der Waals surface area (Å²) in [5.74, 6) is 1.06. The lowest BCUT2D eigenvalue weighted by Gasteiger charge is -2.14. The van der Waals surface area contributed by atoms with E-state index in [1.165, 1.54) is 14.2 Å². The standard InChI is InChI=1S/C17H21N3O3/c1-22-14-7-4-8-15(23-2)16(14)20-17(21)19-11-13-6-3-5-12(9-13)10-18/h3-9H,10-11,18H2,1-2H3,(H2,19,20,21). The van der Waals surface area contributed by atoms with Crippen molar-refractivity contribution in [2.45, 2.75) is 13.1 Å². The summed E-state index contributed by atoms with van der Waals surface area (Å²) in [4.78, 5) is 12.1. The third-order valence-corrected chi connectivity index (χ3v) is 3.35. The zero-order valence-electron chi connectivity index (χ0n) is 13.3.